The summed E-state index contributed by atoms with van der Waals surface area (Å²) in [6, 6.07) is 3.83. The Morgan fingerprint density at radius 1 is 1.25 bits per heavy atom. The average Bonchev–Trinajstić information content (AvgIpc) is 2.47. The fourth-order valence-electron chi connectivity index (χ4n) is 3.28. The molecule has 4 heteroatoms. The van der Waals surface area contributed by atoms with Crippen molar-refractivity contribution < 1.29 is 8.78 Å². The van der Waals surface area contributed by atoms with Gasteiger partial charge in [-0.05, 0) is 42.7 Å². The fraction of sp³-hybridized carbons (Fsp3) is 0.625. The molecule has 1 aromatic rings. The zero-order valence-corrected chi connectivity index (χ0v) is 12.0. The van der Waals surface area contributed by atoms with Crippen molar-refractivity contribution in [3.63, 3.8) is 0 Å². The van der Waals surface area contributed by atoms with E-state index in [0.717, 1.165) is 24.8 Å². The number of benzene rings is 1. The Kier molecular flexibility index (Phi) is 5.49. The highest BCUT2D eigenvalue weighted by Crippen LogP contribution is 2.33. The summed E-state index contributed by atoms with van der Waals surface area (Å²) in [5.74, 6) is 5.94. The first kappa shape index (κ1) is 15.4. The molecule has 0 spiro atoms. The second-order valence-corrected chi connectivity index (χ2v) is 5.90. The van der Waals surface area contributed by atoms with E-state index in [1.165, 1.54) is 31.4 Å². The zero-order valence-electron chi connectivity index (χ0n) is 12.0. The third-order valence-corrected chi connectivity index (χ3v) is 4.71. The molecule has 0 bridgehead atoms. The van der Waals surface area contributed by atoms with E-state index in [1.807, 2.05) is 0 Å². The normalized spacial score (nSPS) is 24.6. The second kappa shape index (κ2) is 7.14. The predicted octanol–water partition coefficient (Wildman–Crippen LogP) is 3.56. The van der Waals surface area contributed by atoms with Gasteiger partial charge in [0.05, 0.1) is 0 Å². The van der Waals surface area contributed by atoms with Crippen LogP contribution in [0.1, 0.15) is 44.6 Å². The topological polar surface area (TPSA) is 38.0 Å². The molecular formula is C16H24F2N2. The molecule has 1 unspecified atom stereocenters. The molecule has 1 fully saturated rings. The van der Waals surface area contributed by atoms with Gasteiger partial charge in [0.2, 0.25) is 0 Å². The van der Waals surface area contributed by atoms with Crippen LogP contribution in [-0.2, 0) is 6.42 Å². The Balaban J connectivity index is 1.98. The van der Waals surface area contributed by atoms with E-state index < -0.39 is 11.6 Å². The molecule has 0 amide bonds. The maximum atomic E-state index is 13.7. The average molecular weight is 282 g/mol. The predicted molar refractivity (Wildman–Crippen MR) is 76.9 cm³/mol. The van der Waals surface area contributed by atoms with Gasteiger partial charge in [0, 0.05) is 12.1 Å². The Morgan fingerprint density at radius 2 is 1.95 bits per heavy atom. The molecule has 1 aliphatic rings. The molecule has 3 N–H and O–H groups in total. The molecule has 20 heavy (non-hydrogen) atoms. The van der Waals surface area contributed by atoms with E-state index in [4.69, 9.17) is 5.84 Å². The van der Waals surface area contributed by atoms with Crippen LogP contribution in [0.2, 0.25) is 0 Å². The van der Waals surface area contributed by atoms with Crippen molar-refractivity contribution in [3.05, 3.63) is 35.4 Å². The van der Waals surface area contributed by atoms with E-state index in [0.29, 0.717) is 17.9 Å². The Bertz CT molecular complexity index is 428. The maximum Gasteiger partial charge on any atom is 0.129 e. The van der Waals surface area contributed by atoms with Gasteiger partial charge < -0.3 is 0 Å². The van der Waals surface area contributed by atoms with Crippen molar-refractivity contribution in [2.75, 3.05) is 0 Å². The van der Waals surface area contributed by atoms with E-state index in [9.17, 15) is 8.78 Å². The van der Waals surface area contributed by atoms with Crippen LogP contribution in [0.3, 0.4) is 0 Å². The van der Waals surface area contributed by atoms with Crippen molar-refractivity contribution in [1.82, 2.24) is 5.43 Å². The smallest absolute Gasteiger partial charge is 0.129 e. The SMILES string of the molecule is CCC1CCC(C(Cc2ccc(F)cc2F)NN)CC1. The molecular weight excluding hydrogens is 258 g/mol. The monoisotopic (exact) mass is 282 g/mol. The van der Waals surface area contributed by atoms with E-state index in [1.54, 1.807) is 0 Å². The van der Waals surface area contributed by atoms with Gasteiger partial charge in [0.1, 0.15) is 11.6 Å². The molecule has 112 valence electrons. The lowest BCUT2D eigenvalue weighted by Gasteiger charge is -2.33. The summed E-state index contributed by atoms with van der Waals surface area (Å²) >= 11 is 0. The second-order valence-electron chi connectivity index (χ2n) is 5.90. The van der Waals surface area contributed by atoms with Crippen LogP contribution >= 0.6 is 0 Å². The molecule has 0 saturated heterocycles. The number of hydrazine groups is 1. The Morgan fingerprint density at radius 3 is 2.50 bits per heavy atom. The lowest BCUT2D eigenvalue weighted by Crippen LogP contribution is -2.43. The third-order valence-electron chi connectivity index (χ3n) is 4.71. The van der Waals surface area contributed by atoms with E-state index >= 15 is 0 Å². The number of halogens is 2. The van der Waals surface area contributed by atoms with Gasteiger partial charge in [-0.2, -0.15) is 0 Å². The third kappa shape index (κ3) is 3.76. The first-order chi connectivity index (χ1) is 9.63. The van der Waals surface area contributed by atoms with Crippen molar-refractivity contribution >= 4 is 0 Å². The first-order valence-electron chi connectivity index (χ1n) is 7.54. The largest absolute Gasteiger partial charge is 0.271 e. The lowest BCUT2D eigenvalue weighted by atomic mass is 9.76. The number of hydrogen-bond donors (Lipinski definition) is 2. The fourth-order valence-corrected chi connectivity index (χ4v) is 3.28. The summed E-state index contributed by atoms with van der Waals surface area (Å²) in [5.41, 5.74) is 3.37. The lowest BCUT2D eigenvalue weighted by molar-refractivity contribution is 0.216. The van der Waals surface area contributed by atoms with Gasteiger partial charge in [0.25, 0.3) is 0 Å². The van der Waals surface area contributed by atoms with Crippen LogP contribution in [0.4, 0.5) is 8.78 Å². The highest BCUT2D eigenvalue weighted by molar-refractivity contribution is 5.19. The van der Waals surface area contributed by atoms with Crippen molar-refractivity contribution in [3.8, 4) is 0 Å². The van der Waals surface area contributed by atoms with Crippen LogP contribution in [0.5, 0.6) is 0 Å². The summed E-state index contributed by atoms with van der Waals surface area (Å²) in [4.78, 5) is 0. The minimum absolute atomic E-state index is 0.0627. The van der Waals surface area contributed by atoms with E-state index in [-0.39, 0.29) is 6.04 Å². The molecule has 0 aliphatic heterocycles. The van der Waals surface area contributed by atoms with Crippen LogP contribution < -0.4 is 11.3 Å². The molecule has 2 nitrogen and oxygen atoms in total. The molecule has 1 saturated carbocycles. The molecule has 0 radical (unpaired) electrons. The molecule has 0 heterocycles. The molecule has 0 aromatic heterocycles. The van der Waals surface area contributed by atoms with Crippen molar-refractivity contribution in [1.29, 1.82) is 0 Å². The highest BCUT2D eigenvalue weighted by atomic mass is 19.1. The van der Waals surface area contributed by atoms with Gasteiger partial charge in [0.15, 0.2) is 0 Å². The van der Waals surface area contributed by atoms with E-state index in [2.05, 4.69) is 12.3 Å². The number of hydrogen-bond acceptors (Lipinski definition) is 2. The molecule has 1 atom stereocenters. The molecule has 2 rings (SSSR count). The quantitative estimate of drug-likeness (QED) is 0.640. The van der Waals surface area contributed by atoms with Crippen molar-refractivity contribution in [2.45, 2.75) is 51.5 Å². The maximum absolute atomic E-state index is 13.7. The van der Waals surface area contributed by atoms with Crippen LogP contribution in [0, 0.1) is 23.5 Å². The Hall–Kier alpha value is -1.00. The number of rotatable bonds is 5. The van der Waals surface area contributed by atoms with Gasteiger partial charge in [-0.3, -0.25) is 11.3 Å². The summed E-state index contributed by atoms with van der Waals surface area (Å²) < 4.78 is 26.6. The van der Waals surface area contributed by atoms with Gasteiger partial charge in [-0.1, -0.05) is 32.3 Å². The minimum Gasteiger partial charge on any atom is -0.271 e. The van der Waals surface area contributed by atoms with Crippen LogP contribution in [-0.4, -0.2) is 6.04 Å². The summed E-state index contributed by atoms with van der Waals surface area (Å²) in [6.45, 7) is 2.23. The van der Waals surface area contributed by atoms with Gasteiger partial charge in [-0.15, -0.1) is 0 Å². The zero-order chi connectivity index (χ0) is 14.5. The number of nitrogens with two attached hydrogens (primary N) is 1. The standard InChI is InChI=1S/C16H24F2N2/c1-2-11-3-5-12(6-4-11)16(20-19)9-13-7-8-14(17)10-15(13)18/h7-8,10-12,16,20H,2-6,9,19H2,1H3. The Labute approximate surface area is 119 Å². The highest BCUT2D eigenvalue weighted by Gasteiger charge is 2.27. The summed E-state index contributed by atoms with van der Waals surface area (Å²) in [6.07, 6.45) is 6.48. The van der Waals surface area contributed by atoms with Crippen molar-refractivity contribution in [2.24, 2.45) is 17.7 Å². The summed E-state index contributed by atoms with van der Waals surface area (Å²) in [5, 5.41) is 0. The van der Waals surface area contributed by atoms with Gasteiger partial charge in [-0.25, -0.2) is 8.78 Å². The molecule has 1 aliphatic carbocycles. The van der Waals surface area contributed by atoms with Crippen LogP contribution in [0.25, 0.3) is 0 Å². The van der Waals surface area contributed by atoms with Crippen LogP contribution in [0.15, 0.2) is 18.2 Å². The summed E-state index contributed by atoms with van der Waals surface area (Å²) in [7, 11) is 0. The first-order valence-corrected chi connectivity index (χ1v) is 7.54. The molecule has 1 aromatic carbocycles. The minimum atomic E-state index is -0.535. The number of nitrogens with one attached hydrogen (secondary N) is 1. The van der Waals surface area contributed by atoms with Gasteiger partial charge >= 0.3 is 0 Å².